The Morgan fingerprint density at radius 3 is 1.43 bits per heavy atom. The molecule has 0 saturated carbocycles. The molecule has 0 aromatic carbocycles. The third-order valence-corrected chi connectivity index (χ3v) is 0. The Balaban J connectivity index is -0.0000000800. The van der Waals surface area contributed by atoms with Gasteiger partial charge in [-0.25, -0.2) is 0 Å². The molecule has 0 spiro atoms. The molecule has 0 rings (SSSR count). The molecule has 0 atom stereocenters. The molecule has 0 saturated heterocycles. The predicted octanol–water partition coefficient (Wildman–Crippen LogP) is -0.932. The number of rotatable bonds is 0. The SMILES string of the molecule is O=S(=O)(O)S.[Ag].[KH]. The number of thiol groups is 1. The second kappa shape index (κ2) is 6.75. The van der Waals surface area contributed by atoms with Crippen LogP contribution >= 0.6 is 11.7 Å². The van der Waals surface area contributed by atoms with Gasteiger partial charge in [-0.1, -0.05) is 0 Å². The molecule has 0 amide bonds. The van der Waals surface area contributed by atoms with Crippen LogP contribution in [0.3, 0.4) is 0 Å². The molecular weight excluding hydrogens is 259 g/mol. The maximum atomic E-state index is 9.05. The summed E-state index contributed by atoms with van der Waals surface area (Å²) in [5, 5.41) is 0. The normalized spacial score (nSPS) is 8.29. The zero-order chi connectivity index (χ0) is 4.50. The van der Waals surface area contributed by atoms with Gasteiger partial charge >= 0.3 is 60.5 Å². The van der Waals surface area contributed by atoms with Gasteiger partial charge in [0, 0.05) is 22.4 Å². The van der Waals surface area contributed by atoms with Crippen molar-refractivity contribution in [2.45, 2.75) is 0 Å². The zero-order valence-electron chi connectivity index (χ0n) is 2.42. The number of hydrogen-bond acceptors (Lipinski definition) is 2. The van der Waals surface area contributed by atoms with Crippen molar-refractivity contribution in [2.75, 3.05) is 0 Å². The van der Waals surface area contributed by atoms with Crippen molar-refractivity contribution in [2.24, 2.45) is 0 Å². The van der Waals surface area contributed by atoms with Crippen LogP contribution in [-0.4, -0.2) is 64.4 Å². The quantitative estimate of drug-likeness (QED) is 0.257. The van der Waals surface area contributed by atoms with Gasteiger partial charge in [0.25, 0.3) is 0 Å². The fourth-order valence-electron chi connectivity index (χ4n) is 0. The first kappa shape index (κ1) is 16.3. The van der Waals surface area contributed by atoms with E-state index < -0.39 is 9.15 Å². The van der Waals surface area contributed by atoms with Gasteiger partial charge in [0.1, 0.15) is 0 Å². The maximum absolute atomic E-state index is 9.05. The molecule has 0 fully saturated rings. The second-order valence-electron chi connectivity index (χ2n) is 0.448. The average molecular weight is 262 g/mol. The van der Waals surface area contributed by atoms with Crippen LogP contribution in [0.5, 0.6) is 0 Å². The Hall–Kier alpha value is 2.64. The van der Waals surface area contributed by atoms with E-state index in [1.807, 2.05) is 0 Å². The zero-order valence-corrected chi connectivity index (χ0v) is 5.61. The first-order valence-corrected chi connectivity index (χ1v) is 3.19. The molecular formula is H3AgKO3S2. The van der Waals surface area contributed by atoms with Crippen LogP contribution in [0, 0.1) is 0 Å². The first-order valence-electron chi connectivity index (χ1n) is 0.698. The molecule has 3 nitrogen and oxygen atoms in total. The van der Waals surface area contributed by atoms with Crippen molar-refractivity contribution < 1.29 is 35.4 Å². The van der Waals surface area contributed by atoms with E-state index in [-0.39, 0.29) is 73.8 Å². The van der Waals surface area contributed by atoms with Crippen LogP contribution in [0.2, 0.25) is 0 Å². The standard InChI is InChI=1S/Ag.K.H2O3S2.H/c;;1-5(2,3)4;/h;;(H2,1,2,3,4);. The molecule has 0 aromatic rings. The Morgan fingerprint density at radius 2 is 1.43 bits per heavy atom. The molecule has 0 aliphatic carbocycles. The van der Waals surface area contributed by atoms with Gasteiger partial charge in [-0.05, 0) is 11.7 Å². The fourth-order valence-corrected chi connectivity index (χ4v) is 0. The van der Waals surface area contributed by atoms with Crippen LogP contribution in [0.15, 0.2) is 0 Å². The summed E-state index contributed by atoms with van der Waals surface area (Å²) >= 11 is 2.65. The topological polar surface area (TPSA) is 54.4 Å². The van der Waals surface area contributed by atoms with Crippen LogP contribution < -0.4 is 0 Å². The van der Waals surface area contributed by atoms with Crippen molar-refractivity contribution >= 4 is 72.2 Å². The van der Waals surface area contributed by atoms with Gasteiger partial charge in [0.15, 0.2) is 0 Å². The van der Waals surface area contributed by atoms with Crippen molar-refractivity contribution in [1.82, 2.24) is 0 Å². The van der Waals surface area contributed by atoms with E-state index in [9.17, 15) is 0 Å². The van der Waals surface area contributed by atoms with Crippen LogP contribution in [0.25, 0.3) is 0 Å². The first-order chi connectivity index (χ1) is 2.00. The van der Waals surface area contributed by atoms with E-state index in [0.29, 0.717) is 0 Å². The molecule has 1 radical (unpaired) electrons. The summed E-state index contributed by atoms with van der Waals surface area (Å²) in [6.45, 7) is 0. The Kier molecular flexibility index (Phi) is 15.7. The van der Waals surface area contributed by atoms with E-state index in [1.54, 1.807) is 0 Å². The molecule has 0 bridgehead atoms. The summed E-state index contributed by atoms with van der Waals surface area (Å²) in [6, 6.07) is 0. The minimum absolute atomic E-state index is 0. The molecule has 7 heteroatoms. The van der Waals surface area contributed by atoms with Gasteiger partial charge in [-0.3, -0.25) is 4.55 Å². The van der Waals surface area contributed by atoms with E-state index in [4.69, 9.17) is 13.0 Å². The van der Waals surface area contributed by atoms with E-state index in [0.717, 1.165) is 0 Å². The summed E-state index contributed by atoms with van der Waals surface area (Å²) in [6.07, 6.45) is 0. The van der Waals surface area contributed by atoms with Gasteiger partial charge in [0.05, 0.1) is 0 Å². The van der Waals surface area contributed by atoms with Gasteiger partial charge in [0.2, 0.25) is 0 Å². The Labute approximate surface area is 105 Å². The molecule has 0 aliphatic heterocycles. The van der Waals surface area contributed by atoms with E-state index >= 15 is 0 Å². The predicted molar refractivity (Wildman–Crippen MR) is 27.7 cm³/mol. The van der Waals surface area contributed by atoms with Crippen molar-refractivity contribution in [3.05, 3.63) is 0 Å². The van der Waals surface area contributed by atoms with Gasteiger partial charge in [-0.15, -0.1) is 0 Å². The van der Waals surface area contributed by atoms with Crippen LogP contribution in [0.4, 0.5) is 0 Å². The van der Waals surface area contributed by atoms with Crippen LogP contribution in [-0.2, 0) is 31.5 Å². The Morgan fingerprint density at radius 1 is 1.43 bits per heavy atom. The third-order valence-electron chi connectivity index (χ3n) is 0. The molecule has 7 heavy (non-hydrogen) atoms. The summed E-state index contributed by atoms with van der Waals surface area (Å²) in [5.74, 6) is 0. The average Bonchev–Trinajstić information content (AvgIpc) is 0.722. The second-order valence-corrected chi connectivity index (χ2v) is 2.73. The molecule has 45 valence electrons. The van der Waals surface area contributed by atoms with Gasteiger partial charge in [-0.2, -0.15) is 8.42 Å². The summed E-state index contributed by atoms with van der Waals surface area (Å²) in [4.78, 5) is 0. The Bertz CT molecular complexity index is 96.1. The monoisotopic (exact) mass is 261 g/mol. The van der Waals surface area contributed by atoms with Crippen molar-refractivity contribution in [1.29, 1.82) is 0 Å². The summed E-state index contributed by atoms with van der Waals surface area (Å²) in [5.41, 5.74) is 0. The van der Waals surface area contributed by atoms with Crippen molar-refractivity contribution in [3.8, 4) is 0 Å². The fraction of sp³-hybridized carbons (Fsp3) is 0. The molecule has 0 aliphatic rings. The summed E-state index contributed by atoms with van der Waals surface area (Å²) in [7, 11) is -3.97. The molecule has 1 N–H and O–H groups in total. The van der Waals surface area contributed by atoms with E-state index in [1.165, 1.54) is 0 Å². The molecule has 0 heterocycles. The van der Waals surface area contributed by atoms with E-state index in [2.05, 4.69) is 11.7 Å². The van der Waals surface area contributed by atoms with Crippen molar-refractivity contribution in [3.63, 3.8) is 0 Å². The summed E-state index contributed by atoms with van der Waals surface area (Å²) < 4.78 is 25.5. The molecule has 0 aromatic heterocycles. The third kappa shape index (κ3) is 54.7. The molecule has 0 unspecified atom stereocenters. The number of hydrogen-bond donors (Lipinski definition) is 2. The van der Waals surface area contributed by atoms with Crippen LogP contribution in [0.1, 0.15) is 0 Å². The van der Waals surface area contributed by atoms with Gasteiger partial charge < -0.3 is 0 Å². The minimum atomic E-state index is -3.97.